The van der Waals surface area contributed by atoms with Crippen LogP contribution in [0.1, 0.15) is 10.4 Å². The van der Waals surface area contributed by atoms with Crippen molar-refractivity contribution < 1.29 is 14.3 Å². The summed E-state index contributed by atoms with van der Waals surface area (Å²) in [6.45, 7) is 1.85. The van der Waals surface area contributed by atoms with Gasteiger partial charge in [-0.3, -0.25) is 4.79 Å². The van der Waals surface area contributed by atoms with Crippen LogP contribution in [0.5, 0.6) is 5.75 Å². The van der Waals surface area contributed by atoms with E-state index in [2.05, 4.69) is 15.9 Å². The Hall–Kier alpha value is -1.07. The third-order valence-corrected chi connectivity index (χ3v) is 3.64. The lowest BCUT2D eigenvalue weighted by Gasteiger charge is -2.32. The van der Waals surface area contributed by atoms with Crippen LogP contribution < -0.4 is 4.74 Å². The van der Waals surface area contributed by atoms with Gasteiger partial charge in [-0.25, -0.2) is 0 Å². The molecule has 0 aromatic heterocycles. The number of alkyl halides is 1. The van der Waals surface area contributed by atoms with Crippen LogP contribution in [0, 0.1) is 0 Å². The number of benzene rings is 1. The largest absolute Gasteiger partial charge is 0.497 e. The number of carbonyl (C=O) groups is 1. The number of morpholine rings is 1. The van der Waals surface area contributed by atoms with Crippen LogP contribution in [-0.2, 0) is 4.74 Å². The Kier molecular flexibility index (Phi) is 4.60. The van der Waals surface area contributed by atoms with Gasteiger partial charge in [-0.15, -0.1) is 0 Å². The summed E-state index contributed by atoms with van der Waals surface area (Å²) in [4.78, 5) is 14.2. The van der Waals surface area contributed by atoms with Gasteiger partial charge in [0.25, 0.3) is 5.91 Å². The first-order valence-electron chi connectivity index (χ1n) is 5.85. The number of halogens is 1. The highest BCUT2D eigenvalue weighted by Gasteiger charge is 2.24. The lowest BCUT2D eigenvalue weighted by Crippen LogP contribution is -2.46. The summed E-state index contributed by atoms with van der Waals surface area (Å²) in [6, 6.07) is 7.23. The molecule has 1 aliphatic heterocycles. The number of hydrogen-bond acceptors (Lipinski definition) is 3. The topological polar surface area (TPSA) is 38.8 Å². The molecule has 0 radical (unpaired) electrons. The maximum absolute atomic E-state index is 12.3. The Morgan fingerprint density at radius 1 is 1.61 bits per heavy atom. The Morgan fingerprint density at radius 3 is 3.17 bits per heavy atom. The monoisotopic (exact) mass is 313 g/mol. The molecule has 1 saturated heterocycles. The van der Waals surface area contributed by atoms with E-state index < -0.39 is 0 Å². The number of rotatable bonds is 3. The molecule has 5 heteroatoms. The van der Waals surface area contributed by atoms with Crippen molar-refractivity contribution in [2.45, 2.75) is 6.10 Å². The summed E-state index contributed by atoms with van der Waals surface area (Å²) in [5.74, 6) is 0.731. The molecular formula is C13H16BrNO3. The third kappa shape index (κ3) is 3.03. The van der Waals surface area contributed by atoms with Gasteiger partial charge in [0.05, 0.1) is 19.8 Å². The molecule has 0 aliphatic carbocycles. The van der Waals surface area contributed by atoms with E-state index >= 15 is 0 Å². The van der Waals surface area contributed by atoms with Crippen molar-refractivity contribution in [3.05, 3.63) is 29.8 Å². The average molecular weight is 314 g/mol. The number of amides is 1. The first kappa shape index (κ1) is 13.4. The predicted octanol–water partition coefficient (Wildman–Crippen LogP) is 1.93. The van der Waals surface area contributed by atoms with Gasteiger partial charge >= 0.3 is 0 Å². The first-order valence-corrected chi connectivity index (χ1v) is 6.97. The van der Waals surface area contributed by atoms with Crippen LogP contribution in [0.3, 0.4) is 0 Å². The molecule has 4 nitrogen and oxygen atoms in total. The standard InChI is InChI=1S/C13H16BrNO3/c1-17-11-4-2-3-10(7-11)13(16)15-5-6-18-12(8-14)9-15/h2-4,7,12H,5-6,8-9H2,1H3. The Labute approximate surface area is 115 Å². The number of ether oxygens (including phenoxy) is 2. The van der Waals surface area contributed by atoms with Crippen LogP contribution in [-0.4, -0.2) is 49.0 Å². The van der Waals surface area contributed by atoms with Crippen molar-refractivity contribution in [2.75, 3.05) is 32.1 Å². The predicted molar refractivity (Wildman–Crippen MR) is 72.4 cm³/mol. The lowest BCUT2D eigenvalue weighted by atomic mass is 10.1. The number of carbonyl (C=O) groups excluding carboxylic acids is 1. The minimum Gasteiger partial charge on any atom is -0.497 e. The van der Waals surface area contributed by atoms with Crippen molar-refractivity contribution in [1.82, 2.24) is 4.90 Å². The van der Waals surface area contributed by atoms with Crippen molar-refractivity contribution in [1.29, 1.82) is 0 Å². The summed E-state index contributed by atoms with van der Waals surface area (Å²) >= 11 is 3.38. The molecular weight excluding hydrogens is 298 g/mol. The molecule has 1 atom stereocenters. The van der Waals surface area contributed by atoms with Crippen molar-refractivity contribution in [3.8, 4) is 5.75 Å². The fraction of sp³-hybridized carbons (Fsp3) is 0.462. The van der Waals surface area contributed by atoms with Gasteiger partial charge in [-0.05, 0) is 18.2 Å². The van der Waals surface area contributed by atoms with Gasteiger partial charge < -0.3 is 14.4 Å². The van der Waals surface area contributed by atoms with Crippen LogP contribution in [0.15, 0.2) is 24.3 Å². The summed E-state index contributed by atoms with van der Waals surface area (Å²) in [7, 11) is 1.60. The Balaban J connectivity index is 2.10. The molecule has 0 saturated carbocycles. The van der Waals surface area contributed by atoms with E-state index in [1.54, 1.807) is 13.2 Å². The minimum absolute atomic E-state index is 0.0307. The Morgan fingerprint density at radius 2 is 2.44 bits per heavy atom. The molecule has 1 unspecified atom stereocenters. The first-order chi connectivity index (χ1) is 8.74. The molecule has 2 rings (SSSR count). The molecule has 1 fully saturated rings. The zero-order chi connectivity index (χ0) is 13.0. The van der Waals surface area contributed by atoms with Crippen LogP contribution >= 0.6 is 15.9 Å². The summed E-state index contributed by atoms with van der Waals surface area (Å²) < 4.78 is 10.7. The van der Waals surface area contributed by atoms with E-state index in [1.165, 1.54) is 0 Å². The van der Waals surface area contributed by atoms with Crippen LogP contribution in [0.2, 0.25) is 0 Å². The van der Waals surface area contributed by atoms with Crippen molar-refractivity contribution >= 4 is 21.8 Å². The highest BCUT2D eigenvalue weighted by atomic mass is 79.9. The molecule has 0 spiro atoms. The molecule has 0 N–H and O–H groups in total. The van der Waals surface area contributed by atoms with Gasteiger partial charge in [-0.1, -0.05) is 22.0 Å². The van der Waals surface area contributed by atoms with Gasteiger partial charge in [0, 0.05) is 24.0 Å². The number of methoxy groups -OCH3 is 1. The van der Waals surface area contributed by atoms with Gasteiger partial charge in [-0.2, -0.15) is 0 Å². The third-order valence-electron chi connectivity index (χ3n) is 2.91. The normalized spacial score (nSPS) is 19.7. The fourth-order valence-corrected chi connectivity index (χ4v) is 2.33. The molecule has 0 bridgehead atoms. The SMILES string of the molecule is COc1cccc(C(=O)N2CCOC(CBr)C2)c1. The number of hydrogen-bond donors (Lipinski definition) is 0. The van der Waals surface area contributed by atoms with E-state index in [1.807, 2.05) is 23.1 Å². The van der Waals surface area contributed by atoms with Gasteiger partial charge in [0.15, 0.2) is 0 Å². The highest BCUT2D eigenvalue weighted by Crippen LogP contribution is 2.16. The molecule has 1 aliphatic rings. The zero-order valence-corrected chi connectivity index (χ0v) is 11.9. The van der Waals surface area contributed by atoms with Gasteiger partial charge in [0.2, 0.25) is 0 Å². The lowest BCUT2D eigenvalue weighted by molar-refractivity contribution is -0.00965. The second-order valence-electron chi connectivity index (χ2n) is 4.13. The summed E-state index contributed by atoms with van der Waals surface area (Å²) in [6.07, 6.45) is 0.0771. The molecule has 18 heavy (non-hydrogen) atoms. The second kappa shape index (κ2) is 6.20. The van der Waals surface area contributed by atoms with Crippen LogP contribution in [0.25, 0.3) is 0 Å². The maximum Gasteiger partial charge on any atom is 0.254 e. The number of nitrogens with zero attached hydrogens (tertiary/aromatic N) is 1. The van der Waals surface area contributed by atoms with E-state index in [4.69, 9.17) is 9.47 Å². The molecule has 1 aromatic carbocycles. The van der Waals surface area contributed by atoms with E-state index in [0.717, 1.165) is 5.33 Å². The smallest absolute Gasteiger partial charge is 0.254 e. The molecule has 1 aromatic rings. The minimum atomic E-state index is 0.0307. The summed E-state index contributed by atoms with van der Waals surface area (Å²) in [5.41, 5.74) is 0.657. The van der Waals surface area contributed by atoms with Crippen LogP contribution in [0.4, 0.5) is 0 Å². The Bertz CT molecular complexity index is 424. The van der Waals surface area contributed by atoms with E-state index in [9.17, 15) is 4.79 Å². The quantitative estimate of drug-likeness (QED) is 0.800. The molecule has 98 valence electrons. The molecule has 1 heterocycles. The molecule has 1 amide bonds. The summed E-state index contributed by atoms with van der Waals surface area (Å²) in [5, 5.41) is 0.745. The average Bonchev–Trinajstić information content (AvgIpc) is 2.46. The fourth-order valence-electron chi connectivity index (χ4n) is 1.94. The second-order valence-corrected chi connectivity index (χ2v) is 4.78. The zero-order valence-electron chi connectivity index (χ0n) is 10.3. The van der Waals surface area contributed by atoms with E-state index in [0.29, 0.717) is 31.0 Å². The van der Waals surface area contributed by atoms with E-state index in [-0.39, 0.29) is 12.0 Å². The maximum atomic E-state index is 12.3. The van der Waals surface area contributed by atoms with Crippen molar-refractivity contribution in [2.24, 2.45) is 0 Å². The van der Waals surface area contributed by atoms with Crippen molar-refractivity contribution in [3.63, 3.8) is 0 Å². The highest BCUT2D eigenvalue weighted by molar-refractivity contribution is 9.09. The van der Waals surface area contributed by atoms with Gasteiger partial charge in [0.1, 0.15) is 5.75 Å².